The Kier molecular flexibility index (Phi) is 4.43. The first-order valence-corrected chi connectivity index (χ1v) is 4.91. The molecular formula is C10H8ClN3O3. The number of carbonyl (C=O) groups is 1. The van der Waals surface area contributed by atoms with E-state index in [0.29, 0.717) is 0 Å². The highest BCUT2D eigenvalue weighted by Crippen LogP contribution is 2.19. The van der Waals surface area contributed by atoms with E-state index in [-0.39, 0.29) is 17.3 Å². The first-order valence-electron chi connectivity index (χ1n) is 4.54. The van der Waals surface area contributed by atoms with Crippen LogP contribution in [0.25, 0.3) is 0 Å². The van der Waals surface area contributed by atoms with Gasteiger partial charge in [-0.05, 0) is 13.0 Å². The number of carbonyl (C=O) groups excluding carboxylic acids is 1. The van der Waals surface area contributed by atoms with E-state index in [9.17, 15) is 14.9 Å². The van der Waals surface area contributed by atoms with Crippen LogP contribution in [-0.2, 0) is 0 Å². The van der Waals surface area contributed by atoms with Gasteiger partial charge in [-0.15, -0.1) is 5.92 Å². The predicted molar refractivity (Wildman–Crippen MR) is 61.7 cm³/mol. The van der Waals surface area contributed by atoms with Gasteiger partial charge in [0.05, 0.1) is 11.5 Å². The zero-order valence-corrected chi connectivity index (χ0v) is 9.61. The lowest BCUT2D eigenvalue weighted by Gasteiger charge is -2.02. The number of hydrogen-bond acceptors (Lipinski definition) is 4. The summed E-state index contributed by atoms with van der Waals surface area (Å²) in [4.78, 5) is 25.2. The maximum Gasteiger partial charge on any atom is 0.300 e. The van der Waals surface area contributed by atoms with Crippen molar-refractivity contribution < 1.29 is 9.72 Å². The molecule has 1 rings (SSSR count). The molecule has 0 atom stereocenters. The molecule has 1 aromatic rings. The molecule has 6 nitrogen and oxygen atoms in total. The van der Waals surface area contributed by atoms with Crippen LogP contribution in [0.1, 0.15) is 17.3 Å². The van der Waals surface area contributed by atoms with E-state index in [1.807, 2.05) is 0 Å². The quantitative estimate of drug-likeness (QED) is 0.382. The largest absolute Gasteiger partial charge is 0.341 e. The fourth-order valence-corrected chi connectivity index (χ4v) is 1.22. The third-order valence-electron chi connectivity index (χ3n) is 1.80. The van der Waals surface area contributed by atoms with Crippen LogP contribution in [0.4, 0.5) is 5.69 Å². The van der Waals surface area contributed by atoms with E-state index < -0.39 is 16.5 Å². The number of halogens is 1. The predicted octanol–water partition coefficient (Wildman–Crippen LogP) is 1.40. The van der Waals surface area contributed by atoms with Crippen molar-refractivity contribution in [3.63, 3.8) is 0 Å². The molecule has 88 valence electrons. The summed E-state index contributed by atoms with van der Waals surface area (Å²) in [5.74, 6) is 4.59. The summed E-state index contributed by atoms with van der Waals surface area (Å²) in [6.45, 7) is 1.74. The number of nitro groups is 1. The number of nitrogens with zero attached hydrogens (tertiary/aromatic N) is 2. The summed E-state index contributed by atoms with van der Waals surface area (Å²) in [6.07, 6.45) is 0.947. The molecule has 0 spiro atoms. The zero-order valence-electron chi connectivity index (χ0n) is 8.86. The smallest absolute Gasteiger partial charge is 0.300 e. The molecule has 0 aliphatic carbocycles. The molecule has 0 aromatic carbocycles. The van der Waals surface area contributed by atoms with Gasteiger partial charge in [0.2, 0.25) is 0 Å². The molecule has 0 saturated heterocycles. The van der Waals surface area contributed by atoms with Gasteiger partial charge in [0.25, 0.3) is 11.6 Å². The van der Waals surface area contributed by atoms with Crippen LogP contribution < -0.4 is 5.32 Å². The van der Waals surface area contributed by atoms with E-state index in [1.165, 1.54) is 0 Å². The number of nitrogens with one attached hydrogen (secondary N) is 1. The molecule has 1 N–H and O–H groups in total. The molecular weight excluding hydrogens is 246 g/mol. The normalized spacial score (nSPS) is 9.06. The Morgan fingerprint density at radius 2 is 2.41 bits per heavy atom. The van der Waals surface area contributed by atoms with E-state index in [0.717, 1.165) is 12.3 Å². The molecule has 0 fully saturated rings. The van der Waals surface area contributed by atoms with E-state index in [2.05, 4.69) is 22.1 Å². The number of pyridine rings is 1. The van der Waals surface area contributed by atoms with E-state index >= 15 is 0 Å². The molecule has 1 heterocycles. The lowest BCUT2D eigenvalue weighted by Crippen LogP contribution is -2.24. The molecule has 0 bridgehead atoms. The molecule has 17 heavy (non-hydrogen) atoms. The number of aromatic nitrogens is 1. The van der Waals surface area contributed by atoms with Crippen LogP contribution in [0.15, 0.2) is 12.3 Å². The summed E-state index contributed by atoms with van der Waals surface area (Å²) < 4.78 is 0. The highest BCUT2D eigenvalue weighted by molar-refractivity contribution is 6.29. The van der Waals surface area contributed by atoms with Gasteiger partial charge in [-0.25, -0.2) is 4.98 Å². The van der Waals surface area contributed by atoms with Crippen molar-refractivity contribution in [3.8, 4) is 11.8 Å². The first kappa shape index (κ1) is 12.9. The van der Waals surface area contributed by atoms with Crippen LogP contribution in [0.2, 0.25) is 5.15 Å². The van der Waals surface area contributed by atoms with Crippen LogP contribution in [-0.4, -0.2) is 22.4 Å². The fourth-order valence-electron chi connectivity index (χ4n) is 1.06. The van der Waals surface area contributed by atoms with Crippen LogP contribution in [0, 0.1) is 22.0 Å². The average Bonchev–Trinajstić information content (AvgIpc) is 2.28. The minimum Gasteiger partial charge on any atom is -0.341 e. The maximum atomic E-state index is 11.6. The molecule has 0 radical (unpaired) electrons. The molecule has 0 saturated carbocycles. The third kappa shape index (κ3) is 3.43. The van der Waals surface area contributed by atoms with Crippen molar-refractivity contribution in [3.05, 3.63) is 33.1 Å². The number of rotatable bonds is 3. The monoisotopic (exact) mass is 253 g/mol. The van der Waals surface area contributed by atoms with Gasteiger partial charge < -0.3 is 5.32 Å². The second kappa shape index (κ2) is 5.82. The Hall–Kier alpha value is -2.13. The van der Waals surface area contributed by atoms with Crippen molar-refractivity contribution in [2.75, 3.05) is 6.54 Å². The summed E-state index contributed by atoms with van der Waals surface area (Å²) in [7, 11) is 0. The van der Waals surface area contributed by atoms with Crippen molar-refractivity contribution in [1.82, 2.24) is 10.3 Å². The summed E-state index contributed by atoms with van der Waals surface area (Å²) in [5, 5.41) is 13.1. The van der Waals surface area contributed by atoms with Gasteiger partial charge in [-0.3, -0.25) is 14.9 Å². The van der Waals surface area contributed by atoms with Gasteiger partial charge in [0.15, 0.2) is 0 Å². The second-order valence-electron chi connectivity index (χ2n) is 2.89. The van der Waals surface area contributed by atoms with Crippen molar-refractivity contribution >= 4 is 23.2 Å². The van der Waals surface area contributed by atoms with Crippen molar-refractivity contribution in [2.24, 2.45) is 0 Å². The molecule has 0 unspecified atom stereocenters. The standard InChI is InChI=1S/C10H8ClN3O3/c1-2-3-4-12-10(15)7-5-9(11)13-6-8(7)14(16)17/h5-6H,4H2,1H3,(H,12,15). The highest BCUT2D eigenvalue weighted by Gasteiger charge is 2.20. The van der Waals surface area contributed by atoms with Crippen molar-refractivity contribution in [2.45, 2.75) is 6.92 Å². The lowest BCUT2D eigenvalue weighted by molar-refractivity contribution is -0.385. The topological polar surface area (TPSA) is 85.1 Å². The van der Waals surface area contributed by atoms with Crippen LogP contribution in [0.5, 0.6) is 0 Å². The molecule has 0 aliphatic rings. The molecule has 1 amide bonds. The average molecular weight is 254 g/mol. The van der Waals surface area contributed by atoms with Gasteiger partial charge in [0.1, 0.15) is 16.9 Å². The SMILES string of the molecule is CC#CCNC(=O)c1cc(Cl)ncc1[N+](=O)[O-]. The van der Waals surface area contributed by atoms with Crippen molar-refractivity contribution in [1.29, 1.82) is 0 Å². The third-order valence-corrected chi connectivity index (χ3v) is 2.01. The summed E-state index contributed by atoms with van der Waals surface area (Å²) in [5.41, 5.74) is -0.524. The van der Waals surface area contributed by atoms with Gasteiger partial charge in [-0.2, -0.15) is 0 Å². The number of hydrogen-bond donors (Lipinski definition) is 1. The van der Waals surface area contributed by atoms with Gasteiger partial charge >= 0.3 is 0 Å². The Morgan fingerprint density at radius 3 is 3.00 bits per heavy atom. The van der Waals surface area contributed by atoms with E-state index in [4.69, 9.17) is 11.6 Å². The molecule has 1 aromatic heterocycles. The maximum absolute atomic E-state index is 11.6. The van der Waals surface area contributed by atoms with E-state index in [1.54, 1.807) is 6.92 Å². The van der Waals surface area contributed by atoms with Crippen LogP contribution in [0.3, 0.4) is 0 Å². The Morgan fingerprint density at radius 1 is 1.71 bits per heavy atom. The summed E-state index contributed by atoms with van der Waals surface area (Å²) in [6, 6.07) is 1.15. The minimum atomic E-state index is -0.691. The highest BCUT2D eigenvalue weighted by atomic mass is 35.5. The first-order chi connectivity index (χ1) is 8.06. The van der Waals surface area contributed by atoms with Gasteiger partial charge in [0, 0.05) is 0 Å². The Labute approximate surface area is 102 Å². The zero-order chi connectivity index (χ0) is 12.8. The second-order valence-corrected chi connectivity index (χ2v) is 3.28. The summed E-state index contributed by atoms with van der Waals surface area (Å²) >= 11 is 5.59. The Bertz CT molecular complexity index is 519. The van der Waals surface area contributed by atoms with Gasteiger partial charge in [-0.1, -0.05) is 17.5 Å². The van der Waals surface area contributed by atoms with Crippen LogP contribution >= 0.6 is 11.6 Å². The molecule has 0 aliphatic heterocycles. The number of amides is 1. The minimum absolute atomic E-state index is 0.0160. The Balaban J connectivity index is 3.01. The molecule has 7 heteroatoms. The fraction of sp³-hybridized carbons (Fsp3) is 0.200. The lowest BCUT2D eigenvalue weighted by atomic mass is 10.2.